The Morgan fingerprint density at radius 1 is 1.19 bits per heavy atom. The smallest absolute Gasteiger partial charge is 0.307 e. The quantitative estimate of drug-likeness (QED) is 0.764. The van der Waals surface area contributed by atoms with E-state index in [9.17, 15) is 9.59 Å². The average molecular weight is 371 g/mol. The van der Waals surface area contributed by atoms with Crippen molar-refractivity contribution in [3.8, 4) is 0 Å². The van der Waals surface area contributed by atoms with Crippen LogP contribution in [-0.2, 0) is 20.9 Å². The van der Waals surface area contributed by atoms with Crippen LogP contribution < -0.4 is 0 Å². The zero-order valence-corrected chi connectivity index (χ0v) is 15.9. The maximum absolute atomic E-state index is 13.2. The third-order valence-corrected chi connectivity index (χ3v) is 7.14. The van der Waals surface area contributed by atoms with Crippen LogP contribution in [0.15, 0.2) is 12.4 Å². The Balaban J connectivity index is 1.23. The Morgan fingerprint density at radius 3 is 2.63 bits per heavy atom. The number of piperidine rings is 1. The fourth-order valence-electron chi connectivity index (χ4n) is 5.42. The van der Waals surface area contributed by atoms with Crippen molar-refractivity contribution in [2.24, 2.45) is 11.8 Å². The van der Waals surface area contributed by atoms with Gasteiger partial charge in [-0.05, 0) is 57.3 Å². The van der Waals surface area contributed by atoms with Gasteiger partial charge < -0.3 is 14.2 Å². The van der Waals surface area contributed by atoms with Crippen LogP contribution in [0, 0.1) is 11.8 Å². The van der Waals surface area contributed by atoms with Crippen LogP contribution in [0.2, 0.25) is 0 Å². The van der Waals surface area contributed by atoms with E-state index in [0.717, 1.165) is 64.1 Å². The standard InChI is InChI=1S/C21H29N3O3/c25-18-13-17(21(27-18)7-1-2-8-21)20(26)23-10-5-16(6-11-23)19-22-9-12-24(19)14-15-3-4-15/h9,12,15-17H,1-8,10-11,13-14H2/t17-/m0/s1. The second kappa shape index (κ2) is 6.64. The predicted octanol–water partition coefficient (Wildman–Crippen LogP) is 2.88. The summed E-state index contributed by atoms with van der Waals surface area (Å²) in [7, 11) is 0. The van der Waals surface area contributed by atoms with E-state index in [1.165, 1.54) is 18.7 Å². The fraction of sp³-hybridized carbons (Fsp3) is 0.762. The molecule has 0 N–H and O–H groups in total. The largest absolute Gasteiger partial charge is 0.458 e. The predicted molar refractivity (Wildman–Crippen MR) is 98.9 cm³/mol. The van der Waals surface area contributed by atoms with E-state index in [1.807, 2.05) is 11.1 Å². The van der Waals surface area contributed by atoms with Crippen molar-refractivity contribution in [1.82, 2.24) is 14.5 Å². The highest BCUT2D eigenvalue weighted by atomic mass is 16.6. The molecule has 2 saturated heterocycles. The number of rotatable bonds is 4. The fourth-order valence-corrected chi connectivity index (χ4v) is 5.42. The number of carbonyl (C=O) groups is 2. The minimum Gasteiger partial charge on any atom is -0.458 e. The topological polar surface area (TPSA) is 64.4 Å². The maximum Gasteiger partial charge on any atom is 0.307 e. The zero-order valence-electron chi connectivity index (χ0n) is 15.9. The summed E-state index contributed by atoms with van der Waals surface area (Å²) in [6.07, 6.45) is 12.7. The summed E-state index contributed by atoms with van der Waals surface area (Å²) < 4.78 is 8.00. The number of carbonyl (C=O) groups excluding carboxylic acids is 2. The van der Waals surface area contributed by atoms with Crippen LogP contribution in [0.1, 0.15) is 69.5 Å². The highest BCUT2D eigenvalue weighted by Crippen LogP contribution is 2.46. The minimum absolute atomic E-state index is 0.141. The van der Waals surface area contributed by atoms with Crippen LogP contribution in [0.25, 0.3) is 0 Å². The SMILES string of the molecule is O=C1C[C@@H](C(=O)N2CCC(c3nccn3CC3CC3)CC2)C2(CCCC2)O1. The normalized spacial score (nSPS) is 28.1. The van der Waals surface area contributed by atoms with Gasteiger partial charge in [0.2, 0.25) is 5.91 Å². The van der Waals surface area contributed by atoms with Crippen LogP contribution in [-0.4, -0.2) is 45.0 Å². The lowest BCUT2D eigenvalue weighted by molar-refractivity contribution is -0.152. The molecule has 1 aromatic heterocycles. The van der Waals surface area contributed by atoms with Gasteiger partial charge in [-0.2, -0.15) is 0 Å². The molecule has 5 rings (SSSR count). The van der Waals surface area contributed by atoms with E-state index in [0.29, 0.717) is 5.92 Å². The molecular weight excluding hydrogens is 342 g/mol. The van der Waals surface area contributed by atoms with E-state index < -0.39 is 5.60 Å². The Bertz CT molecular complexity index is 725. The molecule has 0 unspecified atom stereocenters. The summed E-state index contributed by atoms with van der Waals surface area (Å²) in [5, 5.41) is 0. The highest BCUT2D eigenvalue weighted by molar-refractivity contribution is 5.88. The molecule has 6 nitrogen and oxygen atoms in total. The molecule has 27 heavy (non-hydrogen) atoms. The van der Waals surface area contributed by atoms with Crippen molar-refractivity contribution >= 4 is 11.9 Å². The summed E-state index contributed by atoms with van der Waals surface area (Å²) in [6.45, 7) is 2.62. The third kappa shape index (κ3) is 3.17. The van der Waals surface area contributed by atoms with Gasteiger partial charge in [-0.3, -0.25) is 9.59 Å². The number of aromatic nitrogens is 2. The van der Waals surface area contributed by atoms with Crippen LogP contribution >= 0.6 is 0 Å². The number of amides is 1. The van der Waals surface area contributed by atoms with Crippen molar-refractivity contribution in [1.29, 1.82) is 0 Å². The maximum atomic E-state index is 13.2. The van der Waals surface area contributed by atoms with Gasteiger partial charge in [0, 0.05) is 37.9 Å². The number of esters is 1. The van der Waals surface area contributed by atoms with Crippen molar-refractivity contribution < 1.29 is 14.3 Å². The molecule has 0 bridgehead atoms. The van der Waals surface area contributed by atoms with Gasteiger partial charge in [0.25, 0.3) is 0 Å². The number of nitrogens with zero attached hydrogens (tertiary/aromatic N) is 3. The van der Waals surface area contributed by atoms with E-state index >= 15 is 0 Å². The Morgan fingerprint density at radius 2 is 1.93 bits per heavy atom. The number of likely N-dealkylation sites (tertiary alicyclic amines) is 1. The van der Waals surface area contributed by atoms with Crippen molar-refractivity contribution in [2.45, 2.75) is 75.9 Å². The summed E-state index contributed by atoms with van der Waals surface area (Å²) in [6, 6.07) is 0. The van der Waals surface area contributed by atoms with Crippen LogP contribution in [0.4, 0.5) is 0 Å². The first kappa shape index (κ1) is 17.3. The average Bonchev–Trinajstić information content (AvgIpc) is 3.06. The summed E-state index contributed by atoms with van der Waals surface area (Å²) in [5.74, 6) is 2.16. The van der Waals surface area contributed by atoms with Gasteiger partial charge in [0.15, 0.2) is 0 Å². The highest BCUT2D eigenvalue weighted by Gasteiger charge is 2.55. The first-order chi connectivity index (χ1) is 13.1. The lowest BCUT2D eigenvalue weighted by Crippen LogP contribution is -2.47. The second-order valence-corrected chi connectivity index (χ2v) is 8.98. The molecule has 1 aromatic rings. The van der Waals surface area contributed by atoms with Gasteiger partial charge in [-0.15, -0.1) is 0 Å². The monoisotopic (exact) mass is 371 g/mol. The number of hydrogen-bond acceptors (Lipinski definition) is 4. The molecular formula is C21H29N3O3. The van der Waals surface area contributed by atoms with E-state index in [1.54, 1.807) is 0 Å². The van der Waals surface area contributed by atoms with E-state index in [-0.39, 0.29) is 24.2 Å². The van der Waals surface area contributed by atoms with Gasteiger partial charge in [0.05, 0.1) is 12.3 Å². The number of ether oxygens (including phenoxy) is 1. The molecule has 2 aliphatic carbocycles. The van der Waals surface area contributed by atoms with Crippen molar-refractivity contribution in [2.75, 3.05) is 13.1 Å². The van der Waals surface area contributed by atoms with Crippen molar-refractivity contribution in [3.05, 3.63) is 18.2 Å². The van der Waals surface area contributed by atoms with Crippen molar-refractivity contribution in [3.63, 3.8) is 0 Å². The molecule has 1 amide bonds. The first-order valence-corrected chi connectivity index (χ1v) is 10.7. The van der Waals surface area contributed by atoms with Gasteiger partial charge in [0.1, 0.15) is 11.4 Å². The Kier molecular flexibility index (Phi) is 4.25. The number of hydrogen-bond donors (Lipinski definition) is 0. The third-order valence-electron chi connectivity index (χ3n) is 7.14. The van der Waals surface area contributed by atoms with E-state index in [2.05, 4.69) is 15.7 Å². The zero-order chi connectivity index (χ0) is 18.4. The van der Waals surface area contributed by atoms with E-state index in [4.69, 9.17) is 4.74 Å². The van der Waals surface area contributed by atoms with Crippen LogP contribution in [0.3, 0.4) is 0 Å². The molecule has 1 spiro atoms. The Hall–Kier alpha value is -1.85. The summed E-state index contributed by atoms with van der Waals surface area (Å²) in [5.41, 5.74) is -0.495. The molecule has 6 heteroatoms. The van der Waals surface area contributed by atoms with Gasteiger partial charge >= 0.3 is 5.97 Å². The molecule has 1 atom stereocenters. The lowest BCUT2D eigenvalue weighted by atomic mass is 9.84. The summed E-state index contributed by atoms with van der Waals surface area (Å²) >= 11 is 0. The van der Waals surface area contributed by atoms with Gasteiger partial charge in [-0.25, -0.2) is 4.98 Å². The number of imidazole rings is 1. The molecule has 0 aromatic carbocycles. The molecule has 4 fully saturated rings. The molecule has 0 radical (unpaired) electrons. The Labute approximate surface area is 160 Å². The summed E-state index contributed by atoms with van der Waals surface area (Å²) in [4.78, 5) is 31.7. The molecule has 146 valence electrons. The molecule has 2 aliphatic heterocycles. The molecule has 2 saturated carbocycles. The second-order valence-electron chi connectivity index (χ2n) is 8.98. The first-order valence-electron chi connectivity index (χ1n) is 10.7. The van der Waals surface area contributed by atoms with Crippen LogP contribution in [0.5, 0.6) is 0 Å². The molecule has 4 aliphatic rings. The minimum atomic E-state index is -0.495. The molecule has 3 heterocycles. The lowest BCUT2D eigenvalue weighted by Gasteiger charge is -2.36. The van der Waals surface area contributed by atoms with Gasteiger partial charge in [-0.1, -0.05) is 0 Å².